The van der Waals surface area contributed by atoms with Crippen molar-refractivity contribution in [2.45, 2.75) is 25.7 Å². The first-order valence-electron chi connectivity index (χ1n) is 5.01. The fourth-order valence-electron chi connectivity index (χ4n) is 2.00. The van der Waals surface area contributed by atoms with Crippen molar-refractivity contribution in [3.8, 4) is 12.1 Å². The van der Waals surface area contributed by atoms with E-state index < -0.39 is 0 Å². The van der Waals surface area contributed by atoms with Gasteiger partial charge in [-0.1, -0.05) is 25.0 Å². The molecule has 1 aliphatic carbocycles. The van der Waals surface area contributed by atoms with Gasteiger partial charge in [0.2, 0.25) is 0 Å². The third-order valence-corrected chi connectivity index (χ3v) is 2.71. The van der Waals surface area contributed by atoms with Crippen LogP contribution in [0.5, 0.6) is 0 Å². The molecule has 0 saturated heterocycles. The summed E-state index contributed by atoms with van der Waals surface area (Å²) in [5.41, 5.74) is 0. The zero-order valence-corrected chi connectivity index (χ0v) is 8.19. The summed E-state index contributed by atoms with van der Waals surface area (Å²) in [6.45, 7) is 0. The van der Waals surface area contributed by atoms with Gasteiger partial charge in [-0.3, -0.25) is 0 Å². The van der Waals surface area contributed by atoms with Crippen LogP contribution in [0.15, 0.2) is 24.3 Å². The van der Waals surface area contributed by atoms with Gasteiger partial charge in [0.1, 0.15) is 0 Å². The summed E-state index contributed by atoms with van der Waals surface area (Å²) in [5, 5.41) is 16.9. The highest BCUT2D eigenvalue weighted by Crippen LogP contribution is 2.31. The first kappa shape index (κ1) is 10.5. The Morgan fingerprint density at radius 2 is 1.29 bits per heavy atom. The normalized spacial score (nSPS) is 27.6. The van der Waals surface area contributed by atoms with Crippen molar-refractivity contribution in [1.82, 2.24) is 0 Å². The van der Waals surface area contributed by atoms with Crippen LogP contribution >= 0.6 is 0 Å². The molecule has 14 heavy (non-hydrogen) atoms. The monoisotopic (exact) mass is 186 g/mol. The van der Waals surface area contributed by atoms with Crippen molar-refractivity contribution >= 4 is 0 Å². The summed E-state index contributed by atoms with van der Waals surface area (Å²) in [6.07, 6.45) is 11.8. The SMILES string of the molecule is N#C/C=C\C1CCCCC1/C=C/C#N. The van der Waals surface area contributed by atoms with E-state index in [0.717, 1.165) is 12.8 Å². The molecule has 0 N–H and O–H groups in total. The molecule has 72 valence electrons. The maximum Gasteiger partial charge on any atom is 0.0908 e. The Balaban J connectivity index is 2.60. The first-order chi connectivity index (χ1) is 6.88. The van der Waals surface area contributed by atoms with E-state index in [0.29, 0.717) is 11.8 Å². The van der Waals surface area contributed by atoms with Gasteiger partial charge >= 0.3 is 0 Å². The van der Waals surface area contributed by atoms with Gasteiger partial charge < -0.3 is 0 Å². The van der Waals surface area contributed by atoms with Crippen molar-refractivity contribution in [2.75, 3.05) is 0 Å². The van der Waals surface area contributed by atoms with Crippen molar-refractivity contribution in [2.24, 2.45) is 11.8 Å². The summed E-state index contributed by atoms with van der Waals surface area (Å²) in [5.74, 6) is 0.904. The van der Waals surface area contributed by atoms with Gasteiger partial charge in [0.05, 0.1) is 12.1 Å². The smallest absolute Gasteiger partial charge is 0.0908 e. The molecule has 0 heterocycles. The average Bonchev–Trinajstić information content (AvgIpc) is 2.24. The molecule has 1 fully saturated rings. The minimum absolute atomic E-state index is 0.452. The lowest BCUT2D eigenvalue weighted by Crippen LogP contribution is -2.15. The Hall–Kier alpha value is -1.54. The summed E-state index contributed by atoms with van der Waals surface area (Å²) < 4.78 is 0. The number of hydrogen-bond donors (Lipinski definition) is 0. The van der Waals surface area contributed by atoms with Crippen LogP contribution in [0.3, 0.4) is 0 Å². The standard InChI is InChI=1S/C12H14N2/c13-9-3-7-11-5-1-2-6-12(11)8-4-10-14/h3-4,7-8,11-12H,1-2,5-6H2/b7-3-,8-4+. The highest BCUT2D eigenvalue weighted by molar-refractivity contribution is 5.11. The molecule has 0 aromatic rings. The molecule has 0 aliphatic heterocycles. The topological polar surface area (TPSA) is 47.6 Å². The second-order valence-electron chi connectivity index (χ2n) is 3.59. The fourth-order valence-corrected chi connectivity index (χ4v) is 2.00. The summed E-state index contributed by atoms with van der Waals surface area (Å²) in [7, 11) is 0. The molecule has 1 saturated carbocycles. The largest absolute Gasteiger partial charge is 0.193 e. The predicted octanol–water partition coefficient (Wildman–Crippen LogP) is 2.95. The number of allylic oxidation sites excluding steroid dienone is 4. The Bertz CT molecular complexity index is 269. The molecular formula is C12H14N2. The number of rotatable bonds is 2. The van der Waals surface area contributed by atoms with E-state index in [1.54, 1.807) is 12.2 Å². The van der Waals surface area contributed by atoms with Crippen molar-refractivity contribution in [3.05, 3.63) is 24.3 Å². The third-order valence-electron chi connectivity index (χ3n) is 2.71. The summed E-state index contributed by atoms with van der Waals surface area (Å²) >= 11 is 0. The van der Waals surface area contributed by atoms with Crippen LogP contribution in [-0.4, -0.2) is 0 Å². The molecule has 0 spiro atoms. The lowest BCUT2D eigenvalue weighted by atomic mass is 9.79. The van der Waals surface area contributed by atoms with Crippen LogP contribution in [0, 0.1) is 34.5 Å². The van der Waals surface area contributed by atoms with Crippen molar-refractivity contribution in [1.29, 1.82) is 10.5 Å². The maximum atomic E-state index is 8.45. The minimum Gasteiger partial charge on any atom is -0.193 e. The maximum absolute atomic E-state index is 8.45. The molecule has 0 radical (unpaired) electrons. The van der Waals surface area contributed by atoms with Crippen LogP contribution in [-0.2, 0) is 0 Å². The molecule has 0 aromatic heterocycles. The molecule has 2 heteroatoms. The van der Waals surface area contributed by atoms with E-state index >= 15 is 0 Å². The van der Waals surface area contributed by atoms with E-state index in [9.17, 15) is 0 Å². The van der Waals surface area contributed by atoms with Gasteiger partial charge in [-0.05, 0) is 24.7 Å². The predicted molar refractivity (Wildman–Crippen MR) is 55.0 cm³/mol. The van der Waals surface area contributed by atoms with Gasteiger partial charge in [-0.2, -0.15) is 10.5 Å². The second-order valence-corrected chi connectivity index (χ2v) is 3.59. The van der Waals surface area contributed by atoms with E-state index in [-0.39, 0.29) is 0 Å². The Labute approximate surface area is 85.2 Å². The third kappa shape index (κ3) is 3.07. The summed E-state index contributed by atoms with van der Waals surface area (Å²) in [4.78, 5) is 0. The van der Waals surface area contributed by atoms with Crippen LogP contribution < -0.4 is 0 Å². The van der Waals surface area contributed by atoms with Crippen LogP contribution in [0.25, 0.3) is 0 Å². The Kier molecular flexibility index (Phi) is 4.51. The Morgan fingerprint density at radius 1 is 0.857 bits per heavy atom. The van der Waals surface area contributed by atoms with Crippen LogP contribution in [0.4, 0.5) is 0 Å². The molecule has 1 rings (SSSR count). The van der Waals surface area contributed by atoms with Gasteiger partial charge in [-0.25, -0.2) is 0 Å². The molecule has 2 unspecified atom stereocenters. The van der Waals surface area contributed by atoms with Crippen molar-refractivity contribution < 1.29 is 0 Å². The highest BCUT2D eigenvalue weighted by Gasteiger charge is 2.20. The zero-order valence-electron chi connectivity index (χ0n) is 8.19. The van der Waals surface area contributed by atoms with Gasteiger partial charge in [0.25, 0.3) is 0 Å². The Morgan fingerprint density at radius 3 is 1.64 bits per heavy atom. The molecule has 2 nitrogen and oxygen atoms in total. The molecule has 0 aromatic carbocycles. The molecule has 0 amide bonds. The van der Waals surface area contributed by atoms with Crippen molar-refractivity contribution in [3.63, 3.8) is 0 Å². The van der Waals surface area contributed by atoms with Gasteiger partial charge in [-0.15, -0.1) is 0 Å². The zero-order chi connectivity index (χ0) is 10.2. The highest BCUT2D eigenvalue weighted by atomic mass is 14.3. The van der Waals surface area contributed by atoms with Gasteiger partial charge in [0, 0.05) is 12.2 Å². The molecule has 1 aliphatic rings. The van der Waals surface area contributed by atoms with Crippen LogP contribution in [0.1, 0.15) is 25.7 Å². The lowest BCUT2D eigenvalue weighted by molar-refractivity contribution is 0.338. The number of nitriles is 2. The van der Waals surface area contributed by atoms with E-state index in [4.69, 9.17) is 10.5 Å². The first-order valence-corrected chi connectivity index (χ1v) is 5.01. The molecule has 2 atom stereocenters. The number of hydrogen-bond acceptors (Lipinski definition) is 2. The lowest BCUT2D eigenvalue weighted by Gasteiger charge is -2.26. The summed E-state index contributed by atoms with van der Waals surface area (Å²) in [6, 6.07) is 4.04. The minimum atomic E-state index is 0.452. The van der Waals surface area contributed by atoms with Gasteiger partial charge in [0.15, 0.2) is 0 Å². The van der Waals surface area contributed by atoms with E-state index in [1.165, 1.54) is 12.8 Å². The fraction of sp³-hybridized carbons (Fsp3) is 0.500. The average molecular weight is 186 g/mol. The molecular weight excluding hydrogens is 172 g/mol. The van der Waals surface area contributed by atoms with E-state index in [2.05, 4.69) is 0 Å². The second kappa shape index (κ2) is 6.00. The van der Waals surface area contributed by atoms with E-state index in [1.807, 2.05) is 24.3 Å². The quantitative estimate of drug-likeness (QED) is 0.622. The number of nitrogens with zero attached hydrogens (tertiary/aromatic N) is 2. The van der Waals surface area contributed by atoms with Crippen LogP contribution in [0.2, 0.25) is 0 Å². The molecule has 0 bridgehead atoms.